The Balaban J connectivity index is 1.67. The maximum Gasteiger partial charge on any atom is 0.288 e. The van der Waals surface area contributed by atoms with E-state index < -0.39 is 0 Å². The van der Waals surface area contributed by atoms with Crippen molar-refractivity contribution in [2.75, 3.05) is 32.1 Å². The second-order valence-corrected chi connectivity index (χ2v) is 7.27. The zero-order chi connectivity index (χ0) is 20.3. The van der Waals surface area contributed by atoms with Gasteiger partial charge in [-0.05, 0) is 50.5 Å². The normalized spacial score (nSPS) is 16.3. The molecule has 1 amide bonds. The molecule has 1 aromatic heterocycles. The van der Waals surface area contributed by atoms with Crippen LogP contribution in [0, 0.1) is 20.8 Å². The molecule has 1 saturated heterocycles. The van der Waals surface area contributed by atoms with Crippen molar-refractivity contribution in [3.8, 4) is 5.75 Å². The standard InChI is InChI=1S/C21H29N5O2/c1-13-10-18(28-5)7-6-16(13)11-23-17-8-9-26(12-17)20-14(2)15(3)24-19(25-20)21(27)22-4/h6-7,10,17,23H,8-9,11-12H2,1-5H3,(H,22,27)/t17-/m1/s1. The number of aromatic nitrogens is 2. The van der Waals surface area contributed by atoms with Crippen molar-refractivity contribution < 1.29 is 9.53 Å². The topological polar surface area (TPSA) is 79.4 Å². The number of carbonyl (C=O) groups is 1. The Kier molecular flexibility index (Phi) is 6.14. The number of carbonyl (C=O) groups excluding carboxylic acids is 1. The van der Waals surface area contributed by atoms with Crippen LogP contribution >= 0.6 is 0 Å². The smallest absolute Gasteiger partial charge is 0.288 e. The van der Waals surface area contributed by atoms with Gasteiger partial charge >= 0.3 is 0 Å². The Morgan fingerprint density at radius 2 is 2.07 bits per heavy atom. The van der Waals surface area contributed by atoms with Crippen molar-refractivity contribution in [1.82, 2.24) is 20.6 Å². The maximum atomic E-state index is 12.0. The highest BCUT2D eigenvalue weighted by Crippen LogP contribution is 2.24. The van der Waals surface area contributed by atoms with Crippen LogP contribution in [0.3, 0.4) is 0 Å². The molecule has 2 aromatic rings. The minimum Gasteiger partial charge on any atom is -0.497 e. The van der Waals surface area contributed by atoms with Crippen LogP contribution in [0.2, 0.25) is 0 Å². The third-order valence-corrected chi connectivity index (χ3v) is 5.41. The van der Waals surface area contributed by atoms with Crippen LogP contribution in [0.1, 0.15) is 39.4 Å². The molecule has 0 aliphatic carbocycles. The summed E-state index contributed by atoms with van der Waals surface area (Å²) in [7, 11) is 3.28. The van der Waals surface area contributed by atoms with Crippen molar-refractivity contribution in [1.29, 1.82) is 0 Å². The first-order valence-corrected chi connectivity index (χ1v) is 9.62. The average molecular weight is 383 g/mol. The van der Waals surface area contributed by atoms with Crippen molar-refractivity contribution >= 4 is 11.7 Å². The minimum absolute atomic E-state index is 0.228. The number of hydrogen-bond donors (Lipinski definition) is 2. The second kappa shape index (κ2) is 8.56. The van der Waals surface area contributed by atoms with E-state index >= 15 is 0 Å². The Labute approximate surface area is 166 Å². The lowest BCUT2D eigenvalue weighted by molar-refractivity contribution is 0.0952. The molecule has 1 aliphatic rings. The molecular weight excluding hydrogens is 354 g/mol. The second-order valence-electron chi connectivity index (χ2n) is 7.27. The van der Waals surface area contributed by atoms with E-state index in [1.807, 2.05) is 19.9 Å². The largest absolute Gasteiger partial charge is 0.497 e. The molecule has 7 heteroatoms. The maximum absolute atomic E-state index is 12.0. The Morgan fingerprint density at radius 1 is 1.29 bits per heavy atom. The summed E-state index contributed by atoms with van der Waals surface area (Å²) in [5.74, 6) is 1.71. The molecule has 7 nitrogen and oxygen atoms in total. The summed E-state index contributed by atoms with van der Waals surface area (Å²) in [6.07, 6.45) is 1.03. The number of benzene rings is 1. The summed E-state index contributed by atoms with van der Waals surface area (Å²) in [5, 5.41) is 6.26. The summed E-state index contributed by atoms with van der Waals surface area (Å²) in [6, 6.07) is 6.55. The zero-order valence-corrected chi connectivity index (χ0v) is 17.3. The molecule has 150 valence electrons. The predicted octanol–water partition coefficient (Wildman–Crippen LogP) is 2.14. The lowest BCUT2D eigenvalue weighted by Crippen LogP contribution is -2.33. The molecule has 1 atom stereocenters. The highest BCUT2D eigenvalue weighted by molar-refractivity contribution is 5.90. The number of amides is 1. The van der Waals surface area contributed by atoms with Gasteiger partial charge < -0.3 is 20.3 Å². The van der Waals surface area contributed by atoms with Crippen LogP contribution in [0.4, 0.5) is 5.82 Å². The Morgan fingerprint density at radius 3 is 2.75 bits per heavy atom. The first-order chi connectivity index (χ1) is 13.4. The van der Waals surface area contributed by atoms with Gasteiger partial charge in [0.2, 0.25) is 5.82 Å². The number of aryl methyl sites for hydroxylation is 2. The molecule has 28 heavy (non-hydrogen) atoms. The molecule has 0 unspecified atom stereocenters. The molecule has 0 saturated carbocycles. The molecule has 0 bridgehead atoms. The minimum atomic E-state index is -0.256. The van der Waals surface area contributed by atoms with E-state index in [1.165, 1.54) is 11.1 Å². The molecule has 0 radical (unpaired) electrons. The first kappa shape index (κ1) is 20.1. The fraction of sp³-hybridized carbons (Fsp3) is 0.476. The quantitative estimate of drug-likeness (QED) is 0.796. The van der Waals surface area contributed by atoms with Crippen LogP contribution < -0.4 is 20.3 Å². The summed E-state index contributed by atoms with van der Waals surface area (Å²) in [6.45, 7) is 8.63. The van der Waals surface area contributed by atoms with Crippen LogP contribution in [0.5, 0.6) is 5.75 Å². The monoisotopic (exact) mass is 383 g/mol. The lowest BCUT2D eigenvalue weighted by Gasteiger charge is -2.21. The summed E-state index contributed by atoms with van der Waals surface area (Å²) in [5.41, 5.74) is 4.36. The lowest BCUT2D eigenvalue weighted by atomic mass is 10.1. The number of rotatable bonds is 6. The van der Waals surface area contributed by atoms with Gasteiger partial charge in [0, 0.05) is 44.0 Å². The van der Waals surface area contributed by atoms with Gasteiger partial charge in [-0.25, -0.2) is 9.97 Å². The van der Waals surface area contributed by atoms with Crippen LogP contribution in [-0.4, -0.2) is 49.2 Å². The highest BCUT2D eigenvalue weighted by Gasteiger charge is 2.26. The van der Waals surface area contributed by atoms with Crippen molar-refractivity contribution in [3.05, 3.63) is 46.4 Å². The Bertz CT molecular complexity index is 868. The fourth-order valence-electron chi connectivity index (χ4n) is 3.50. The fourth-order valence-corrected chi connectivity index (χ4v) is 3.50. The molecule has 2 heterocycles. The van der Waals surface area contributed by atoms with Gasteiger partial charge in [-0.2, -0.15) is 0 Å². The van der Waals surface area contributed by atoms with E-state index in [-0.39, 0.29) is 11.7 Å². The number of hydrogen-bond acceptors (Lipinski definition) is 6. The molecule has 3 rings (SSSR count). The average Bonchev–Trinajstić information content (AvgIpc) is 3.17. The zero-order valence-electron chi connectivity index (χ0n) is 17.3. The third-order valence-electron chi connectivity index (χ3n) is 5.41. The van der Waals surface area contributed by atoms with E-state index in [9.17, 15) is 4.79 Å². The van der Waals surface area contributed by atoms with E-state index in [2.05, 4.69) is 44.6 Å². The van der Waals surface area contributed by atoms with Gasteiger partial charge in [-0.1, -0.05) is 6.07 Å². The number of methoxy groups -OCH3 is 1. The molecule has 2 N–H and O–H groups in total. The van der Waals surface area contributed by atoms with Gasteiger partial charge in [-0.15, -0.1) is 0 Å². The van der Waals surface area contributed by atoms with Gasteiger partial charge in [0.1, 0.15) is 11.6 Å². The van der Waals surface area contributed by atoms with Crippen molar-refractivity contribution in [2.45, 2.75) is 39.8 Å². The SMILES string of the molecule is CNC(=O)c1nc(C)c(C)c(N2CC[C@@H](NCc3ccc(OC)cc3C)C2)n1. The predicted molar refractivity (Wildman–Crippen MR) is 110 cm³/mol. The van der Waals surface area contributed by atoms with Crippen LogP contribution in [0.15, 0.2) is 18.2 Å². The number of ether oxygens (including phenoxy) is 1. The van der Waals surface area contributed by atoms with E-state index in [0.29, 0.717) is 6.04 Å². The van der Waals surface area contributed by atoms with Crippen LogP contribution in [-0.2, 0) is 6.54 Å². The highest BCUT2D eigenvalue weighted by atomic mass is 16.5. The number of anilines is 1. The van der Waals surface area contributed by atoms with E-state index in [1.54, 1.807) is 14.2 Å². The first-order valence-electron chi connectivity index (χ1n) is 9.62. The van der Waals surface area contributed by atoms with Crippen molar-refractivity contribution in [2.24, 2.45) is 0 Å². The number of nitrogens with one attached hydrogen (secondary N) is 2. The number of nitrogens with zero attached hydrogens (tertiary/aromatic N) is 3. The van der Waals surface area contributed by atoms with Gasteiger partial charge in [0.25, 0.3) is 5.91 Å². The van der Waals surface area contributed by atoms with Crippen LogP contribution in [0.25, 0.3) is 0 Å². The third kappa shape index (κ3) is 4.25. The Hall–Kier alpha value is -2.67. The van der Waals surface area contributed by atoms with Gasteiger partial charge in [-0.3, -0.25) is 4.79 Å². The summed E-state index contributed by atoms with van der Waals surface area (Å²) in [4.78, 5) is 23.1. The molecule has 0 spiro atoms. The van der Waals surface area contributed by atoms with E-state index in [0.717, 1.165) is 48.9 Å². The summed E-state index contributed by atoms with van der Waals surface area (Å²) >= 11 is 0. The van der Waals surface area contributed by atoms with Crippen molar-refractivity contribution in [3.63, 3.8) is 0 Å². The van der Waals surface area contributed by atoms with E-state index in [4.69, 9.17) is 4.74 Å². The molecular formula is C21H29N5O2. The molecule has 1 aliphatic heterocycles. The van der Waals surface area contributed by atoms with Gasteiger partial charge in [0.15, 0.2) is 0 Å². The summed E-state index contributed by atoms with van der Waals surface area (Å²) < 4.78 is 5.28. The van der Waals surface area contributed by atoms with Gasteiger partial charge in [0.05, 0.1) is 7.11 Å². The molecule has 1 fully saturated rings. The molecule has 1 aromatic carbocycles.